The van der Waals surface area contributed by atoms with Gasteiger partial charge in [0.2, 0.25) is 0 Å². The number of carbonyl (C=O) groups is 1. The summed E-state index contributed by atoms with van der Waals surface area (Å²) in [5.74, 6) is 2.62. The van der Waals surface area contributed by atoms with E-state index in [9.17, 15) is 9.59 Å². The summed E-state index contributed by atoms with van der Waals surface area (Å²) in [6, 6.07) is 16.6. The third-order valence-corrected chi connectivity index (χ3v) is 9.14. The van der Waals surface area contributed by atoms with E-state index in [2.05, 4.69) is 51.1 Å². The molecule has 0 saturated heterocycles. The van der Waals surface area contributed by atoms with Crippen molar-refractivity contribution in [3.05, 3.63) is 108 Å². The van der Waals surface area contributed by atoms with Gasteiger partial charge in [-0.3, -0.25) is 9.36 Å². The molecule has 0 saturated carbocycles. The lowest BCUT2D eigenvalue weighted by Crippen LogP contribution is -2.39. The summed E-state index contributed by atoms with van der Waals surface area (Å²) in [7, 11) is 0. The number of hydrogen-bond acceptors (Lipinski definition) is 7. The van der Waals surface area contributed by atoms with Crippen LogP contribution in [0.1, 0.15) is 29.0 Å². The summed E-state index contributed by atoms with van der Waals surface area (Å²) in [5, 5.41) is 1.93. The second-order valence-corrected chi connectivity index (χ2v) is 12.6. The van der Waals surface area contributed by atoms with E-state index >= 15 is 0 Å². The number of thiophene rings is 1. The van der Waals surface area contributed by atoms with Gasteiger partial charge in [-0.15, -0.1) is 17.8 Å². The zero-order valence-corrected chi connectivity index (χ0v) is 26.5. The molecule has 0 N–H and O–H groups in total. The minimum absolute atomic E-state index is 0.112. The number of ether oxygens (including phenoxy) is 2. The van der Waals surface area contributed by atoms with Gasteiger partial charge >= 0.3 is 5.97 Å². The molecule has 0 amide bonds. The number of aromatic nitrogens is 1. The monoisotopic (exact) mass is 778 g/mol. The largest absolute Gasteiger partial charge is 0.479 e. The molecule has 0 spiro atoms. The molecule has 10 heteroatoms. The SMILES string of the molecule is C#CCOc1c(I)cc(I)cc1/C=c1\sc2n(c1=O)[C@H](c1cccs1)C(C(=O)OCC)=C(c1ccccc1)N=2. The third-order valence-electron chi connectivity index (χ3n) is 5.81. The van der Waals surface area contributed by atoms with Crippen LogP contribution >= 0.6 is 67.9 Å². The molecule has 2 aromatic carbocycles. The number of terminal acetylenes is 1. The van der Waals surface area contributed by atoms with Crippen LogP contribution < -0.4 is 19.6 Å². The Hall–Kier alpha value is -2.73. The maximum absolute atomic E-state index is 14.0. The van der Waals surface area contributed by atoms with Crippen molar-refractivity contribution in [2.24, 2.45) is 4.99 Å². The molecule has 0 unspecified atom stereocenters. The van der Waals surface area contributed by atoms with E-state index in [1.165, 1.54) is 22.7 Å². The highest BCUT2D eigenvalue weighted by atomic mass is 127. The highest BCUT2D eigenvalue weighted by Gasteiger charge is 2.35. The predicted molar refractivity (Wildman–Crippen MR) is 172 cm³/mol. The first-order valence-electron chi connectivity index (χ1n) is 11.8. The van der Waals surface area contributed by atoms with Crippen molar-refractivity contribution in [1.29, 1.82) is 0 Å². The van der Waals surface area contributed by atoms with Crippen LogP contribution in [0.3, 0.4) is 0 Å². The molecule has 6 nitrogen and oxygen atoms in total. The molecule has 0 fully saturated rings. The number of carbonyl (C=O) groups excluding carboxylic acids is 1. The molecule has 1 atom stereocenters. The topological polar surface area (TPSA) is 69.9 Å². The molecule has 4 aromatic rings. The fraction of sp³-hybridized carbons (Fsp3) is 0.138. The van der Waals surface area contributed by atoms with Gasteiger partial charge in [-0.25, -0.2) is 9.79 Å². The van der Waals surface area contributed by atoms with Crippen molar-refractivity contribution < 1.29 is 14.3 Å². The standard InChI is InChI=1S/C29H20I2N2O4S2/c1-3-12-37-26-18(14-19(30)16-20(26)31)15-22-27(34)33-25(21-11-8-13-38-21)23(28(35)36-4-2)24(32-29(33)39-22)17-9-6-5-7-10-17/h1,5-11,13-16,25H,4,12H2,2H3/b22-15-/t25-/m1/s1. The molecule has 5 rings (SSSR count). The van der Waals surface area contributed by atoms with Crippen molar-refractivity contribution in [3.8, 4) is 18.1 Å². The normalized spacial score (nSPS) is 14.9. The minimum atomic E-state index is -0.675. The number of thiazole rings is 1. The van der Waals surface area contributed by atoms with Gasteiger partial charge in [-0.05, 0) is 81.8 Å². The summed E-state index contributed by atoms with van der Waals surface area (Å²) in [5.41, 5.74) is 2.11. The third kappa shape index (κ3) is 5.63. The van der Waals surface area contributed by atoms with Crippen molar-refractivity contribution >= 4 is 85.6 Å². The average Bonchev–Trinajstić information content (AvgIpc) is 3.56. The Morgan fingerprint density at radius 2 is 2.00 bits per heavy atom. The zero-order chi connectivity index (χ0) is 27.5. The summed E-state index contributed by atoms with van der Waals surface area (Å²) in [6.45, 7) is 2.08. The highest BCUT2D eigenvalue weighted by molar-refractivity contribution is 14.1. The first-order valence-corrected chi connectivity index (χ1v) is 15.7. The fourth-order valence-corrected chi connectivity index (χ4v) is 8.11. The van der Waals surface area contributed by atoms with E-state index in [1.807, 2.05) is 66.1 Å². The first kappa shape index (κ1) is 27.8. The van der Waals surface area contributed by atoms with Crippen LogP contribution in [0.2, 0.25) is 0 Å². The van der Waals surface area contributed by atoms with E-state index in [0.29, 0.717) is 26.4 Å². The van der Waals surface area contributed by atoms with Crippen LogP contribution in [0, 0.1) is 19.5 Å². The molecule has 1 aliphatic rings. The molecule has 0 aliphatic carbocycles. The summed E-state index contributed by atoms with van der Waals surface area (Å²) in [4.78, 5) is 33.7. The summed E-state index contributed by atoms with van der Waals surface area (Å²) in [6.07, 6.45) is 7.24. The number of fused-ring (bicyclic) bond motifs is 1. The van der Waals surface area contributed by atoms with E-state index in [0.717, 1.165) is 23.1 Å². The Labute approximate surface area is 260 Å². The molecule has 0 bridgehead atoms. The number of hydrogen-bond donors (Lipinski definition) is 0. The van der Waals surface area contributed by atoms with Gasteiger partial charge in [0.05, 0.1) is 26.0 Å². The van der Waals surface area contributed by atoms with Crippen LogP contribution in [0.15, 0.2) is 75.3 Å². The number of rotatable bonds is 7. The second-order valence-electron chi connectivity index (χ2n) is 8.25. The van der Waals surface area contributed by atoms with Crippen molar-refractivity contribution in [3.63, 3.8) is 0 Å². The summed E-state index contributed by atoms with van der Waals surface area (Å²) < 4.78 is 15.3. The van der Waals surface area contributed by atoms with Gasteiger partial charge in [0.15, 0.2) is 4.80 Å². The molecule has 1 aliphatic heterocycles. The number of nitrogens with zero attached hydrogens (tertiary/aromatic N) is 2. The fourth-order valence-electron chi connectivity index (χ4n) is 4.25. The lowest BCUT2D eigenvalue weighted by Gasteiger charge is -2.24. The van der Waals surface area contributed by atoms with Gasteiger partial charge in [0, 0.05) is 19.6 Å². The Bertz CT molecular complexity index is 1800. The van der Waals surface area contributed by atoms with Crippen LogP contribution in [-0.4, -0.2) is 23.8 Å². The Balaban J connectivity index is 1.80. The van der Waals surface area contributed by atoms with Crippen LogP contribution in [0.5, 0.6) is 5.75 Å². The summed E-state index contributed by atoms with van der Waals surface area (Å²) >= 11 is 7.19. The van der Waals surface area contributed by atoms with Crippen molar-refractivity contribution in [2.75, 3.05) is 13.2 Å². The van der Waals surface area contributed by atoms with Crippen LogP contribution in [0.4, 0.5) is 0 Å². The lowest BCUT2D eigenvalue weighted by atomic mass is 9.97. The van der Waals surface area contributed by atoms with E-state index < -0.39 is 12.0 Å². The molecule has 3 heterocycles. The number of esters is 1. The molecule has 0 radical (unpaired) electrons. The van der Waals surface area contributed by atoms with E-state index in [-0.39, 0.29) is 18.8 Å². The van der Waals surface area contributed by atoms with Crippen LogP contribution in [0.25, 0.3) is 11.8 Å². The Morgan fingerprint density at radius 3 is 2.69 bits per heavy atom. The molecule has 196 valence electrons. The van der Waals surface area contributed by atoms with Gasteiger partial charge in [0.25, 0.3) is 5.56 Å². The van der Waals surface area contributed by atoms with Crippen molar-refractivity contribution in [1.82, 2.24) is 4.57 Å². The highest BCUT2D eigenvalue weighted by Crippen LogP contribution is 2.37. The zero-order valence-electron chi connectivity index (χ0n) is 20.5. The number of halogens is 2. The molecular formula is C29H20I2N2O4S2. The van der Waals surface area contributed by atoms with E-state index in [1.54, 1.807) is 11.5 Å². The predicted octanol–water partition coefficient (Wildman–Crippen LogP) is 5.22. The molecular weight excluding hydrogens is 758 g/mol. The maximum atomic E-state index is 14.0. The lowest BCUT2D eigenvalue weighted by molar-refractivity contribution is -0.138. The van der Waals surface area contributed by atoms with Gasteiger partial charge in [0.1, 0.15) is 18.4 Å². The Morgan fingerprint density at radius 1 is 1.21 bits per heavy atom. The van der Waals surface area contributed by atoms with Gasteiger partial charge in [-0.2, -0.15) is 0 Å². The molecule has 2 aromatic heterocycles. The maximum Gasteiger partial charge on any atom is 0.338 e. The quantitative estimate of drug-likeness (QED) is 0.147. The van der Waals surface area contributed by atoms with Gasteiger partial charge < -0.3 is 9.47 Å². The van der Waals surface area contributed by atoms with Gasteiger partial charge in [-0.1, -0.05) is 53.7 Å². The average molecular weight is 778 g/mol. The second kappa shape index (κ2) is 12.2. The minimum Gasteiger partial charge on any atom is -0.479 e. The first-order chi connectivity index (χ1) is 18.9. The smallest absolute Gasteiger partial charge is 0.338 e. The van der Waals surface area contributed by atoms with Crippen molar-refractivity contribution in [2.45, 2.75) is 13.0 Å². The van der Waals surface area contributed by atoms with E-state index in [4.69, 9.17) is 20.9 Å². The van der Waals surface area contributed by atoms with Crippen LogP contribution in [-0.2, 0) is 9.53 Å². The number of benzene rings is 2. The molecule has 39 heavy (non-hydrogen) atoms. The Kier molecular flexibility index (Phi) is 8.70.